The third-order valence-electron chi connectivity index (χ3n) is 2.56. The summed E-state index contributed by atoms with van der Waals surface area (Å²) in [5.74, 6) is -0.593. The minimum Gasteiger partial charge on any atom is -0.469 e. The van der Waals surface area contributed by atoms with Crippen molar-refractivity contribution in [2.75, 3.05) is 20.0 Å². The fraction of sp³-hybridized carbons (Fsp3) is 0.429. The Morgan fingerprint density at radius 2 is 2.00 bits per heavy atom. The molecule has 0 aromatic heterocycles. The number of rotatable bonds is 6. The van der Waals surface area contributed by atoms with Gasteiger partial charge in [-0.3, -0.25) is 4.79 Å². The number of carbonyl (C=O) groups is 2. The second-order valence-electron chi connectivity index (χ2n) is 3.87. The van der Waals surface area contributed by atoms with Crippen LogP contribution in [0.3, 0.4) is 0 Å². The van der Waals surface area contributed by atoms with Gasteiger partial charge < -0.3 is 9.47 Å². The number of aryl methyl sites for hydroxylation is 1. The van der Waals surface area contributed by atoms with Crippen molar-refractivity contribution in [2.24, 2.45) is 0 Å². The molecule has 1 rings (SSSR count). The molecule has 0 spiro atoms. The zero-order valence-corrected chi connectivity index (χ0v) is 12.2. The molecule has 5 heteroatoms. The molecular formula is C14H18O4S. The van der Waals surface area contributed by atoms with Crippen LogP contribution in [-0.2, 0) is 20.7 Å². The van der Waals surface area contributed by atoms with E-state index in [1.165, 1.54) is 7.11 Å². The lowest BCUT2D eigenvalue weighted by molar-refractivity contribution is -0.140. The maximum absolute atomic E-state index is 11.7. The lowest BCUT2D eigenvalue weighted by Crippen LogP contribution is -2.06. The summed E-state index contributed by atoms with van der Waals surface area (Å²) >= 11 is 1.55. The highest BCUT2D eigenvalue weighted by molar-refractivity contribution is 7.98. The second-order valence-corrected chi connectivity index (χ2v) is 4.75. The first-order valence-electron chi connectivity index (χ1n) is 6.02. The van der Waals surface area contributed by atoms with Crippen LogP contribution < -0.4 is 0 Å². The van der Waals surface area contributed by atoms with Crippen molar-refractivity contribution in [2.45, 2.75) is 24.7 Å². The molecule has 19 heavy (non-hydrogen) atoms. The number of esters is 2. The van der Waals surface area contributed by atoms with Crippen molar-refractivity contribution in [3.05, 3.63) is 29.3 Å². The molecule has 4 nitrogen and oxygen atoms in total. The lowest BCUT2D eigenvalue weighted by atomic mass is 10.1. The van der Waals surface area contributed by atoms with Gasteiger partial charge in [0, 0.05) is 11.3 Å². The molecule has 0 heterocycles. The molecule has 0 saturated carbocycles. The summed E-state index contributed by atoms with van der Waals surface area (Å²) in [5, 5.41) is 0. The molecule has 1 aromatic carbocycles. The molecule has 0 N–H and O–H groups in total. The summed E-state index contributed by atoms with van der Waals surface area (Å²) in [7, 11) is 1.37. The normalized spacial score (nSPS) is 10.1. The highest BCUT2D eigenvalue weighted by Gasteiger charge is 2.10. The summed E-state index contributed by atoms with van der Waals surface area (Å²) < 4.78 is 9.60. The van der Waals surface area contributed by atoms with Crippen LogP contribution in [0.2, 0.25) is 0 Å². The smallest absolute Gasteiger partial charge is 0.338 e. The van der Waals surface area contributed by atoms with Gasteiger partial charge in [-0.05, 0) is 43.4 Å². The number of carbonyl (C=O) groups excluding carboxylic acids is 2. The van der Waals surface area contributed by atoms with Crippen molar-refractivity contribution in [3.63, 3.8) is 0 Å². The Labute approximate surface area is 117 Å². The third-order valence-corrected chi connectivity index (χ3v) is 3.27. The Bertz CT molecular complexity index is 457. The van der Waals surface area contributed by atoms with Crippen molar-refractivity contribution in [3.8, 4) is 0 Å². The number of ether oxygens (including phenoxy) is 2. The zero-order valence-electron chi connectivity index (χ0n) is 11.4. The minimum absolute atomic E-state index is 0.257. The molecule has 0 amide bonds. The Morgan fingerprint density at radius 1 is 1.26 bits per heavy atom. The van der Waals surface area contributed by atoms with Crippen LogP contribution in [-0.4, -0.2) is 31.9 Å². The van der Waals surface area contributed by atoms with Gasteiger partial charge in [0.05, 0.1) is 19.3 Å². The quantitative estimate of drug-likeness (QED) is 0.593. The summed E-state index contributed by atoms with van der Waals surface area (Å²) in [5.41, 5.74) is 1.45. The first kappa shape index (κ1) is 15.6. The van der Waals surface area contributed by atoms with E-state index in [1.54, 1.807) is 30.8 Å². The van der Waals surface area contributed by atoms with Gasteiger partial charge in [0.25, 0.3) is 0 Å². The topological polar surface area (TPSA) is 52.6 Å². The Morgan fingerprint density at radius 3 is 2.58 bits per heavy atom. The standard InChI is InChI=1S/C14H18O4S/c1-4-18-14(16)11-7-10(5-6-13(15)17-2)8-12(9-11)19-3/h7-9H,4-6H2,1-3H3. The van der Waals surface area contributed by atoms with Gasteiger partial charge in [-0.1, -0.05) is 0 Å². The fourth-order valence-corrected chi connectivity index (χ4v) is 2.12. The molecule has 0 bridgehead atoms. The maximum atomic E-state index is 11.7. The molecule has 0 atom stereocenters. The van der Waals surface area contributed by atoms with Gasteiger partial charge in [-0.25, -0.2) is 4.79 Å². The van der Waals surface area contributed by atoms with E-state index < -0.39 is 0 Å². The summed E-state index contributed by atoms with van der Waals surface area (Å²) in [6.07, 6.45) is 2.79. The van der Waals surface area contributed by atoms with Crippen LogP contribution in [0.1, 0.15) is 29.3 Å². The average molecular weight is 282 g/mol. The number of hydrogen-bond acceptors (Lipinski definition) is 5. The Hall–Kier alpha value is -1.49. The molecular weight excluding hydrogens is 264 g/mol. The number of thioether (sulfide) groups is 1. The van der Waals surface area contributed by atoms with Crippen molar-refractivity contribution in [1.82, 2.24) is 0 Å². The molecule has 0 fully saturated rings. The molecule has 1 aromatic rings. The summed E-state index contributed by atoms with van der Waals surface area (Å²) in [6.45, 7) is 2.12. The van der Waals surface area contributed by atoms with Gasteiger partial charge in [-0.15, -0.1) is 11.8 Å². The highest BCUT2D eigenvalue weighted by Crippen LogP contribution is 2.21. The van der Waals surface area contributed by atoms with E-state index in [9.17, 15) is 9.59 Å². The van der Waals surface area contributed by atoms with Gasteiger partial charge >= 0.3 is 11.9 Å². The van der Waals surface area contributed by atoms with Crippen molar-refractivity contribution >= 4 is 23.7 Å². The summed E-state index contributed by atoms with van der Waals surface area (Å²) in [4.78, 5) is 23.9. The first-order valence-corrected chi connectivity index (χ1v) is 7.25. The molecule has 0 aliphatic carbocycles. The highest BCUT2D eigenvalue weighted by atomic mass is 32.2. The molecule has 0 saturated heterocycles. The van der Waals surface area contributed by atoms with Gasteiger partial charge in [-0.2, -0.15) is 0 Å². The van der Waals surface area contributed by atoms with E-state index in [1.807, 2.05) is 12.3 Å². The fourth-order valence-electron chi connectivity index (χ4n) is 1.60. The number of benzene rings is 1. The predicted octanol–water partition coefficient (Wildman–Crippen LogP) is 2.69. The Balaban J connectivity index is 2.88. The Kier molecular flexibility index (Phi) is 6.42. The lowest BCUT2D eigenvalue weighted by Gasteiger charge is -2.08. The summed E-state index contributed by atoms with van der Waals surface area (Å²) in [6, 6.07) is 5.53. The molecule has 104 valence electrons. The van der Waals surface area contributed by atoms with Crippen LogP contribution in [0.5, 0.6) is 0 Å². The van der Waals surface area contributed by atoms with Gasteiger partial charge in [0.1, 0.15) is 0 Å². The molecule has 0 aliphatic rings. The molecule has 0 aliphatic heterocycles. The van der Waals surface area contributed by atoms with Crippen LogP contribution >= 0.6 is 11.8 Å². The minimum atomic E-state index is -0.335. The maximum Gasteiger partial charge on any atom is 0.338 e. The van der Waals surface area contributed by atoms with Crippen molar-refractivity contribution in [1.29, 1.82) is 0 Å². The van der Waals surface area contributed by atoms with Crippen LogP contribution in [0.25, 0.3) is 0 Å². The largest absolute Gasteiger partial charge is 0.469 e. The predicted molar refractivity (Wildman–Crippen MR) is 74.5 cm³/mol. The zero-order chi connectivity index (χ0) is 14.3. The van der Waals surface area contributed by atoms with Crippen LogP contribution in [0, 0.1) is 0 Å². The molecule has 0 unspecified atom stereocenters. The van der Waals surface area contributed by atoms with Crippen LogP contribution in [0.4, 0.5) is 0 Å². The molecule has 0 radical (unpaired) electrons. The number of methoxy groups -OCH3 is 1. The van der Waals surface area contributed by atoms with E-state index in [2.05, 4.69) is 4.74 Å². The average Bonchev–Trinajstić information content (AvgIpc) is 2.44. The number of hydrogen-bond donors (Lipinski definition) is 0. The first-order chi connectivity index (χ1) is 9.10. The van der Waals surface area contributed by atoms with E-state index in [0.717, 1.165) is 10.5 Å². The van der Waals surface area contributed by atoms with E-state index in [0.29, 0.717) is 25.0 Å². The van der Waals surface area contributed by atoms with E-state index in [-0.39, 0.29) is 11.9 Å². The van der Waals surface area contributed by atoms with Crippen molar-refractivity contribution < 1.29 is 19.1 Å². The van der Waals surface area contributed by atoms with Gasteiger partial charge in [0.2, 0.25) is 0 Å². The van der Waals surface area contributed by atoms with E-state index >= 15 is 0 Å². The monoisotopic (exact) mass is 282 g/mol. The second kappa shape index (κ2) is 7.84. The van der Waals surface area contributed by atoms with E-state index in [4.69, 9.17) is 4.74 Å². The SMILES string of the molecule is CCOC(=O)c1cc(CCC(=O)OC)cc(SC)c1. The van der Waals surface area contributed by atoms with Crippen LogP contribution in [0.15, 0.2) is 23.1 Å². The van der Waals surface area contributed by atoms with Gasteiger partial charge in [0.15, 0.2) is 0 Å². The third kappa shape index (κ3) is 4.95.